The van der Waals surface area contributed by atoms with Crippen LogP contribution in [0.15, 0.2) is 12.3 Å². The fourth-order valence-corrected chi connectivity index (χ4v) is 3.91. The van der Waals surface area contributed by atoms with Gasteiger partial charge in [0.25, 0.3) is 0 Å². The molecule has 0 bridgehead atoms. The molecule has 27 heavy (non-hydrogen) atoms. The van der Waals surface area contributed by atoms with E-state index >= 15 is 0 Å². The monoisotopic (exact) mass is 428 g/mol. The zero-order valence-electron chi connectivity index (χ0n) is 16.0. The molecule has 7 nitrogen and oxygen atoms in total. The van der Waals surface area contributed by atoms with Crippen LogP contribution in [0, 0.1) is 11.3 Å². The molecule has 2 heterocycles. The zero-order valence-corrected chi connectivity index (χ0v) is 18.6. The van der Waals surface area contributed by atoms with Crippen LogP contribution in [-0.4, -0.2) is 51.2 Å². The first-order valence-electron chi connectivity index (χ1n) is 8.59. The Hall–Kier alpha value is -1.60. The van der Waals surface area contributed by atoms with Gasteiger partial charge in [0.15, 0.2) is 0 Å². The Kier molecular flexibility index (Phi) is 6.91. The van der Waals surface area contributed by atoms with Crippen molar-refractivity contribution in [2.24, 2.45) is 0 Å². The van der Waals surface area contributed by atoms with Gasteiger partial charge in [0, 0.05) is 39.4 Å². The molecule has 0 aliphatic heterocycles. The summed E-state index contributed by atoms with van der Waals surface area (Å²) in [6, 6.07) is 4.81. The van der Waals surface area contributed by atoms with Crippen molar-refractivity contribution >= 4 is 46.2 Å². The molecule has 0 unspecified atom stereocenters. The lowest BCUT2D eigenvalue weighted by atomic mass is 10.2. The molecule has 0 saturated carbocycles. The summed E-state index contributed by atoms with van der Waals surface area (Å²) in [5.74, 6) is -0.0170. The van der Waals surface area contributed by atoms with E-state index in [1.807, 2.05) is 0 Å². The van der Waals surface area contributed by atoms with E-state index in [9.17, 15) is 13.7 Å². The van der Waals surface area contributed by atoms with Crippen molar-refractivity contribution in [1.29, 1.82) is 5.26 Å². The highest BCUT2D eigenvalue weighted by atomic mass is 35.5. The summed E-state index contributed by atoms with van der Waals surface area (Å²) < 4.78 is 30.2. The fraction of sp³-hybridized carbons (Fsp3) is 0.529. The van der Waals surface area contributed by atoms with Crippen LogP contribution in [0.25, 0.3) is 11.0 Å². The molecule has 2 aromatic heterocycles. The quantitative estimate of drug-likeness (QED) is 0.373. The Bertz CT molecular complexity index is 961. The average molecular weight is 429 g/mol. The number of ether oxygens (including phenoxy) is 1. The summed E-state index contributed by atoms with van der Waals surface area (Å²) in [6.07, 6.45) is 2.86. The second-order valence-corrected chi connectivity index (χ2v) is 16.0. The maximum absolute atomic E-state index is 11.3. The second kappa shape index (κ2) is 8.60. The molecule has 10 heteroatoms. The zero-order chi connectivity index (χ0) is 20.2. The van der Waals surface area contributed by atoms with Crippen LogP contribution >= 0.6 is 11.6 Å². The predicted octanol–water partition coefficient (Wildman–Crippen LogP) is 3.33. The minimum absolute atomic E-state index is 0.0170. The number of halogens is 1. The van der Waals surface area contributed by atoms with Gasteiger partial charge in [0.1, 0.15) is 33.4 Å². The molecular formula is C17H25ClN4O3SSi. The molecule has 2 aromatic rings. The van der Waals surface area contributed by atoms with Gasteiger partial charge >= 0.3 is 0 Å². The molecule has 0 aromatic carbocycles. The molecule has 0 spiro atoms. The van der Waals surface area contributed by atoms with E-state index in [0.29, 0.717) is 28.9 Å². The number of sulfone groups is 1. The highest BCUT2D eigenvalue weighted by Gasteiger charge is 2.17. The van der Waals surface area contributed by atoms with Gasteiger partial charge in [0.2, 0.25) is 0 Å². The Balaban J connectivity index is 2.26. The standard InChI is InChI=1S/C17H25ClN4O3SSi/c1-26(23,24)7-5-20-14-9-15(18)21-17-16(14)13(10-19)11-22(17)12-25-6-8-27(2,3)4/h9,11H,5-8,12H2,1-4H3,(H,20,21). The van der Waals surface area contributed by atoms with Crippen LogP contribution < -0.4 is 5.32 Å². The summed E-state index contributed by atoms with van der Waals surface area (Å²) in [5.41, 5.74) is 1.56. The van der Waals surface area contributed by atoms with Crippen molar-refractivity contribution in [3.05, 3.63) is 23.0 Å². The Morgan fingerprint density at radius 3 is 2.70 bits per heavy atom. The Morgan fingerprint density at radius 1 is 1.41 bits per heavy atom. The van der Waals surface area contributed by atoms with E-state index in [-0.39, 0.29) is 24.2 Å². The lowest BCUT2D eigenvalue weighted by molar-refractivity contribution is 0.0898. The highest BCUT2D eigenvalue weighted by Crippen LogP contribution is 2.30. The smallest absolute Gasteiger partial charge is 0.149 e. The number of aromatic nitrogens is 2. The third kappa shape index (κ3) is 6.50. The van der Waals surface area contributed by atoms with Crippen molar-refractivity contribution in [3.8, 4) is 6.07 Å². The number of fused-ring (bicyclic) bond motifs is 1. The molecule has 0 saturated heterocycles. The van der Waals surface area contributed by atoms with Crippen molar-refractivity contribution < 1.29 is 13.2 Å². The molecule has 2 rings (SSSR count). The minimum Gasteiger partial charge on any atom is -0.383 e. The van der Waals surface area contributed by atoms with Crippen molar-refractivity contribution in [3.63, 3.8) is 0 Å². The van der Waals surface area contributed by atoms with E-state index in [4.69, 9.17) is 16.3 Å². The van der Waals surface area contributed by atoms with E-state index in [1.54, 1.807) is 16.8 Å². The van der Waals surface area contributed by atoms with Gasteiger partial charge in [-0.25, -0.2) is 13.4 Å². The van der Waals surface area contributed by atoms with Gasteiger partial charge in [-0.3, -0.25) is 0 Å². The first-order chi connectivity index (χ1) is 12.5. The number of nitrogens with zero attached hydrogens (tertiary/aromatic N) is 3. The maximum Gasteiger partial charge on any atom is 0.149 e. The predicted molar refractivity (Wildman–Crippen MR) is 112 cm³/mol. The lowest BCUT2D eigenvalue weighted by Crippen LogP contribution is -2.22. The average Bonchev–Trinajstić information content (AvgIpc) is 2.87. The summed E-state index contributed by atoms with van der Waals surface area (Å²) in [5, 5.41) is 13.4. The molecule has 0 atom stereocenters. The largest absolute Gasteiger partial charge is 0.383 e. The van der Waals surface area contributed by atoms with Gasteiger partial charge in [-0.15, -0.1) is 0 Å². The number of nitrogens with one attached hydrogen (secondary N) is 1. The second-order valence-electron chi connectivity index (χ2n) is 7.72. The fourth-order valence-electron chi connectivity index (χ4n) is 2.49. The molecule has 0 aliphatic carbocycles. The molecule has 0 fully saturated rings. The lowest BCUT2D eigenvalue weighted by Gasteiger charge is -2.15. The SMILES string of the molecule is C[Si](C)(C)CCOCn1cc(C#N)c2c(NCCS(C)(=O)=O)cc(Cl)nc21. The van der Waals surface area contributed by atoms with Gasteiger partial charge in [-0.1, -0.05) is 31.2 Å². The summed E-state index contributed by atoms with van der Waals surface area (Å²) >= 11 is 6.14. The van der Waals surface area contributed by atoms with E-state index in [0.717, 1.165) is 6.04 Å². The Morgan fingerprint density at radius 2 is 2.11 bits per heavy atom. The van der Waals surface area contributed by atoms with Crippen LogP contribution in [0.5, 0.6) is 0 Å². The third-order valence-corrected chi connectivity index (χ3v) is 6.77. The molecule has 0 amide bonds. The number of nitriles is 1. The van der Waals surface area contributed by atoms with Crippen LogP contribution in [0.2, 0.25) is 30.8 Å². The van der Waals surface area contributed by atoms with Gasteiger partial charge in [-0.05, 0) is 12.1 Å². The van der Waals surface area contributed by atoms with Crippen molar-refractivity contribution in [2.45, 2.75) is 32.4 Å². The maximum atomic E-state index is 11.3. The van der Waals surface area contributed by atoms with Gasteiger partial charge in [0.05, 0.1) is 16.7 Å². The third-order valence-electron chi connectivity index (χ3n) is 3.93. The first kappa shape index (κ1) is 21.7. The first-order valence-corrected chi connectivity index (χ1v) is 14.7. The topological polar surface area (TPSA) is 97.0 Å². The summed E-state index contributed by atoms with van der Waals surface area (Å²) in [4.78, 5) is 4.34. The molecule has 1 N–H and O–H groups in total. The van der Waals surface area contributed by atoms with E-state index in [2.05, 4.69) is 36.0 Å². The number of pyridine rings is 1. The summed E-state index contributed by atoms with van der Waals surface area (Å²) in [7, 11) is -4.27. The Labute approximate surface area is 166 Å². The molecule has 0 radical (unpaired) electrons. The van der Waals surface area contributed by atoms with Crippen LogP contribution in [0.1, 0.15) is 5.56 Å². The van der Waals surface area contributed by atoms with Crippen molar-refractivity contribution in [1.82, 2.24) is 9.55 Å². The number of hydrogen-bond acceptors (Lipinski definition) is 6. The number of rotatable bonds is 9. The molecular weight excluding hydrogens is 404 g/mol. The molecule has 0 aliphatic rings. The van der Waals surface area contributed by atoms with E-state index < -0.39 is 17.9 Å². The summed E-state index contributed by atoms with van der Waals surface area (Å²) in [6.45, 7) is 7.99. The van der Waals surface area contributed by atoms with E-state index in [1.165, 1.54) is 6.26 Å². The minimum atomic E-state index is -3.09. The number of hydrogen-bond donors (Lipinski definition) is 1. The van der Waals surface area contributed by atoms with Crippen LogP contribution in [-0.2, 0) is 21.3 Å². The highest BCUT2D eigenvalue weighted by molar-refractivity contribution is 7.90. The normalized spacial score (nSPS) is 12.3. The molecule has 148 valence electrons. The van der Waals surface area contributed by atoms with Gasteiger partial charge < -0.3 is 14.6 Å². The van der Waals surface area contributed by atoms with Gasteiger partial charge in [-0.2, -0.15) is 5.26 Å². The number of anilines is 1. The van der Waals surface area contributed by atoms with Crippen molar-refractivity contribution in [2.75, 3.05) is 30.5 Å². The van der Waals surface area contributed by atoms with Crippen LogP contribution in [0.4, 0.5) is 5.69 Å². The van der Waals surface area contributed by atoms with Crippen LogP contribution in [0.3, 0.4) is 0 Å².